The number of carbonyl (C=O) groups is 2. The van der Waals surface area contributed by atoms with E-state index in [9.17, 15) is 14.7 Å². The molecule has 2 fully saturated rings. The Morgan fingerprint density at radius 2 is 1.84 bits per heavy atom. The number of phenols is 1. The van der Waals surface area contributed by atoms with Gasteiger partial charge in [-0.3, -0.25) is 14.5 Å². The third-order valence-corrected chi connectivity index (χ3v) is 7.25. The first kappa shape index (κ1) is 25.0. The summed E-state index contributed by atoms with van der Waals surface area (Å²) in [6.07, 6.45) is 3.37. The lowest BCUT2D eigenvalue weighted by Crippen LogP contribution is -2.55. The second-order valence-corrected chi connectivity index (χ2v) is 9.73. The van der Waals surface area contributed by atoms with Crippen LogP contribution in [-0.2, 0) is 20.7 Å². The maximum Gasteiger partial charge on any atom is 0.307 e. The molecule has 0 radical (unpaired) electrons. The van der Waals surface area contributed by atoms with E-state index in [1.165, 1.54) is 0 Å². The molecule has 0 bridgehead atoms. The summed E-state index contributed by atoms with van der Waals surface area (Å²) in [5.41, 5.74) is 1.05. The summed E-state index contributed by atoms with van der Waals surface area (Å²) in [5, 5.41) is 9.66. The fourth-order valence-corrected chi connectivity index (χ4v) is 5.15. The lowest BCUT2D eigenvalue weighted by Gasteiger charge is -2.43. The monoisotopic (exact) mass is 509 g/mol. The van der Waals surface area contributed by atoms with Crippen LogP contribution in [0.3, 0.4) is 0 Å². The molecule has 8 heteroatoms. The molecule has 0 aliphatic carbocycles. The minimum Gasteiger partial charge on any atom is -0.507 e. The van der Waals surface area contributed by atoms with Gasteiger partial charge < -0.3 is 19.6 Å². The van der Waals surface area contributed by atoms with Crippen molar-refractivity contribution in [3.63, 3.8) is 0 Å². The molecule has 2 aliphatic heterocycles. The van der Waals surface area contributed by atoms with E-state index in [1.807, 2.05) is 30.9 Å². The van der Waals surface area contributed by atoms with Crippen molar-refractivity contribution >= 4 is 27.8 Å². The normalized spacial score (nSPS) is 19.7. The van der Waals surface area contributed by atoms with Gasteiger partial charge in [0, 0.05) is 44.7 Å². The molecule has 1 aromatic carbocycles. The number of ether oxygens (including phenoxy) is 1. The maximum atomic E-state index is 13.0. The molecular formula is C24H36BrN3O4. The van der Waals surface area contributed by atoms with Crippen LogP contribution in [0.4, 0.5) is 0 Å². The number of benzene rings is 1. The number of piperidine rings is 1. The molecule has 2 heterocycles. The van der Waals surface area contributed by atoms with Gasteiger partial charge in [0.25, 0.3) is 0 Å². The van der Waals surface area contributed by atoms with E-state index >= 15 is 0 Å². The highest BCUT2D eigenvalue weighted by Gasteiger charge is 2.30. The number of hydrogen-bond donors (Lipinski definition) is 1. The molecule has 0 unspecified atom stereocenters. The molecule has 2 aliphatic rings. The number of piperazine rings is 1. The molecule has 0 aromatic heterocycles. The highest BCUT2D eigenvalue weighted by Crippen LogP contribution is 2.26. The van der Waals surface area contributed by atoms with Gasteiger partial charge in [-0.15, -0.1) is 0 Å². The van der Waals surface area contributed by atoms with Crippen LogP contribution >= 0.6 is 15.9 Å². The smallest absolute Gasteiger partial charge is 0.307 e. The first-order valence-electron chi connectivity index (χ1n) is 11.8. The van der Waals surface area contributed by atoms with Crippen molar-refractivity contribution in [2.45, 2.75) is 45.6 Å². The van der Waals surface area contributed by atoms with Crippen LogP contribution in [0.2, 0.25) is 0 Å². The van der Waals surface area contributed by atoms with E-state index < -0.39 is 0 Å². The van der Waals surface area contributed by atoms with E-state index in [0.717, 1.165) is 64.2 Å². The van der Waals surface area contributed by atoms with Crippen molar-refractivity contribution in [1.82, 2.24) is 14.7 Å². The number of amides is 1. The standard InChI is InChI=1S/C24H36BrN3O4/c1-3-32-23(30)8-11-26-9-6-20(7-10-26)27-12-14-28(15-13-27)24(31)18(2)16-19-4-5-22(29)21(25)17-19/h4-5,17-18,20,29H,3,6-16H2,1-2H3/t18-/m1/s1. The summed E-state index contributed by atoms with van der Waals surface area (Å²) < 4.78 is 5.68. The molecular weight excluding hydrogens is 474 g/mol. The number of hydrogen-bond acceptors (Lipinski definition) is 6. The van der Waals surface area contributed by atoms with Gasteiger partial charge in [-0.2, -0.15) is 0 Å². The molecule has 178 valence electrons. The lowest BCUT2D eigenvalue weighted by molar-refractivity contribution is -0.143. The Morgan fingerprint density at radius 1 is 1.16 bits per heavy atom. The van der Waals surface area contributed by atoms with Crippen molar-refractivity contribution in [2.24, 2.45) is 5.92 Å². The van der Waals surface area contributed by atoms with Crippen molar-refractivity contribution < 1.29 is 19.4 Å². The predicted molar refractivity (Wildman–Crippen MR) is 128 cm³/mol. The number of halogens is 1. The lowest BCUT2D eigenvalue weighted by atomic mass is 9.98. The van der Waals surface area contributed by atoms with Crippen LogP contribution in [0.25, 0.3) is 0 Å². The number of aromatic hydroxyl groups is 1. The Kier molecular flexibility index (Phi) is 9.37. The first-order valence-corrected chi connectivity index (χ1v) is 12.5. The van der Waals surface area contributed by atoms with Crippen LogP contribution in [0.5, 0.6) is 5.75 Å². The highest BCUT2D eigenvalue weighted by atomic mass is 79.9. The number of phenolic OH excluding ortho intramolecular Hbond substituents is 1. The highest BCUT2D eigenvalue weighted by molar-refractivity contribution is 9.10. The van der Waals surface area contributed by atoms with Gasteiger partial charge in [0.1, 0.15) is 5.75 Å². The fourth-order valence-electron chi connectivity index (χ4n) is 4.73. The quantitative estimate of drug-likeness (QED) is 0.543. The number of nitrogens with zero attached hydrogens (tertiary/aromatic N) is 3. The minimum atomic E-state index is -0.109. The molecule has 0 spiro atoms. The van der Waals surface area contributed by atoms with Crippen molar-refractivity contribution in [1.29, 1.82) is 0 Å². The average molecular weight is 510 g/mol. The Labute approximate surface area is 199 Å². The topological polar surface area (TPSA) is 73.3 Å². The van der Waals surface area contributed by atoms with Crippen molar-refractivity contribution in [2.75, 3.05) is 52.4 Å². The van der Waals surface area contributed by atoms with Gasteiger partial charge in [-0.25, -0.2) is 0 Å². The van der Waals surface area contributed by atoms with Gasteiger partial charge in [0.15, 0.2) is 0 Å². The molecule has 3 rings (SSSR count). The Hall–Kier alpha value is -1.64. The number of likely N-dealkylation sites (tertiary alicyclic amines) is 1. The van der Waals surface area contributed by atoms with Crippen LogP contribution < -0.4 is 0 Å². The zero-order valence-electron chi connectivity index (χ0n) is 19.3. The molecule has 1 amide bonds. The van der Waals surface area contributed by atoms with Gasteiger partial charge in [-0.1, -0.05) is 13.0 Å². The van der Waals surface area contributed by atoms with Gasteiger partial charge in [0.05, 0.1) is 17.5 Å². The van der Waals surface area contributed by atoms with E-state index in [4.69, 9.17) is 4.74 Å². The molecule has 2 saturated heterocycles. The second-order valence-electron chi connectivity index (χ2n) is 8.88. The summed E-state index contributed by atoms with van der Waals surface area (Å²) in [6.45, 7) is 10.5. The summed E-state index contributed by atoms with van der Waals surface area (Å²) in [6, 6.07) is 5.99. The zero-order chi connectivity index (χ0) is 23.1. The van der Waals surface area contributed by atoms with Crippen LogP contribution in [-0.4, -0.2) is 90.1 Å². The summed E-state index contributed by atoms with van der Waals surface area (Å²) in [4.78, 5) is 31.4. The third kappa shape index (κ3) is 6.93. The van der Waals surface area contributed by atoms with Crippen LogP contribution in [0.1, 0.15) is 38.7 Å². The predicted octanol–water partition coefficient (Wildman–Crippen LogP) is 2.90. The maximum absolute atomic E-state index is 13.0. The summed E-state index contributed by atoms with van der Waals surface area (Å²) in [7, 11) is 0. The summed E-state index contributed by atoms with van der Waals surface area (Å²) >= 11 is 3.34. The minimum absolute atomic E-state index is 0.0828. The van der Waals surface area contributed by atoms with Crippen molar-refractivity contribution in [3.8, 4) is 5.75 Å². The fraction of sp³-hybridized carbons (Fsp3) is 0.667. The molecule has 32 heavy (non-hydrogen) atoms. The number of rotatable bonds is 8. The Balaban J connectivity index is 1.38. The van der Waals surface area contributed by atoms with Gasteiger partial charge in [0.2, 0.25) is 5.91 Å². The Bertz CT molecular complexity index is 775. The third-order valence-electron chi connectivity index (χ3n) is 6.61. The van der Waals surface area contributed by atoms with Crippen LogP contribution in [0, 0.1) is 5.92 Å². The molecule has 0 saturated carbocycles. The first-order chi connectivity index (χ1) is 15.4. The van der Waals surface area contributed by atoms with E-state index in [-0.39, 0.29) is 23.5 Å². The van der Waals surface area contributed by atoms with E-state index in [2.05, 4.69) is 25.7 Å². The van der Waals surface area contributed by atoms with Gasteiger partial charge in [-0.05, 0) is 72.9 Å². The van der Waals surface area contributed by atoms with E-state index in [0.29, 0.717) is 30.0 Å². The van der Waals surface area contributed by atoms with Gasteiger partial charge >= 0.3 is 5.97 Å². The summed E-state index contributed by atoms with van der Waals surface area (Å²) in [5.74, 6) is 0.236. The molecule has 7 nitrogen and oxygen atoms in total. The molecule has 1 aromatic rings. The Morgan fingerprint density at radius 3 is 2.47 bits per heavy atom. The molecule has 1 N–H and O–H groups in total. The number of carbonyl (C=O) groups excluding carboxylic acids is 2. The zero-order valence-corrected chi connectivity index (χ0v) is 20.8. The number of esters is 1. The largest absolute Gasteiger partial charge is 0.507 e. The second kappa shape index (κ2) is 12.0. The van der Waals surface area contributed by atoms with Crippen LogP contribution in [0.15, 0.2) is 22.7 Å². The average Bonchev–Trinajstić information content (AvgIpc) is 2.80. The van der Waals surface area contributed by atoms with Crippen molar-refractivity contribution in [3.05, 3.63) is 28.2 Å². The van der Waals surface area contributed by atoms with E-state index in [1.54, 1.807) is 6.07 Å². The SMILES string of the molecule is CCOC(=O)CCN1CCC(N2CCN(C(=O)[C@H](C)Cc3ccc(O)c(Br)c3)CC2)CC1. The molecule has 1 atom stereocenters.